The maximum atomic E-state index is 13.2. The molecule has 0 spiro atoms. The number of hydrogen-bond acceptors (Lipinski definition) is 10. The van der Waals surface area contributed by atoms with Crippen molar-refractivity contribution in [2.75, 3.05) is 31.7 Å². The van der Waals surface area contributed by atoms with Gasteiger partial charge < -0.3 is 25.2 Å². The summed E-state index contributed by atoms with van der Waals surface area (Å²) in [4.78, 5) is 60.5. The molecule has 200 valence electrons. The van der Waals surface area contributed by atoms with Gasteiger partial charge in [-0.3, -0.25) is 14.6 Å². The van der Waals surface area contributed by atoms with Crippen molar-refractivity contribution in [3.05, 3.63) is 40.6 Å². The first-order valence-electron chi connectivity index (χ1n) is 11.4. The molecule has 2 aliphatic heterocycles. The van der Waals surface area contributed by atoms with Crippen LogP contribution in [0.25, 0.3) is 0 Å². The third-order valence-electron chi connectivity index (χ3n) is 5.71. The first kappa shape index (κ1) is 28.0. The summed E-state index contributed by atoms with van der Waals surface area (Å²) in [5.41, 5.74) is 3.14. The average molecular weight is 536 g/mol. The Balaban J connectivity index is 1.80. The Morgan fingerprint density at radius 1 is 1.24 bits per heavy atom. The highest BCUT2D eigenvalue weighted by Gasteiger charge is 2.40. The largest absolute Gasteiger partial charge is 0.472 e. The number of imide groups is 1. The van der Waals surface area contributed by atoms with Gasteiger partial charge in [0.25, 0.3) is 5.91 Å². The van der Waals surface area contributed by atoms with E-state index in [4.69, 9.17) is 14.5 Å². The molecule has 0 aliphatic carbocycles. The van der Waals surface area contributed by atoms with Gasteiger partial charge in [0.2, 0.25) is 12.7 Å². The number of aliphatic imine (C=N–C) groups is 1. The number of nitrogens with one attached hydrogen (secondary N) is 2. The molecule has 0 radical (unpaired) electrons. The van der Waals surface area contributed by atoms with Crippen molar-refractivity contribution < 1.29 is 38.0 Å². The number of amides is 3. The van der Waals surface area contributed by atoms with E-state index >= 15 is 0 Å². The smallest absolute Gasteiger partial charge is 0.421 e. The molecule has 1 unspecified atom stereocenters. The van der Waals surface area contributed by atoms with Gasteiger partial charge in [-0.15, -0.1) is 0 Å². The standard InChI is InChI=1S/C22H29N6O8P/c1-5-23-20(29)15-8-7-13(3)17(9-15)26-19-18-14(4)16(10-28(18)25-11-24-19)21(30)27(6-2)22(31)35-12-36-37(32,33)34/h7-9,11,16H,5-6,10,12H2,1-4H3,(H,23,29)(H,24,25,26)(H2,32,33,34). The van der Waals surface area contributed by atoms with Gasteiger partial charge in [-0.25, -0.2) is 23.8 Å². The second-order valence-corrected chi connectivity index (χ2v) is 9.36. The molecule has 2 heterocycles. The zero-order valence-corrected chi connectivity index (χ0v) is 21.7. The number of rotatable bonds is 8. The van der Waals surface area contributed by atoms with Gasteiger partial charge in [-0.1, -0.05) is 6.07 Å². The molecule has 15 heteroatoms. The maximum Gasteiger partial charge on any atom is 0.472 e. The fraction of sp³-hybridized carbons (Fsp3) is 0.409. The van der Waals surface area contributed by atoms with E-state index in [0.717, 1.165) is 10.5 Å². The Bertz CT molecular complexity index is 1220. The molecule has 0 saturated carbocycles. The van der Waals surface area contributed by atoms with E-state index in [-0.39, 0.29) is 19.0 Å². The minimum absolute atomic E-state index is 0.0407. The second kappa shape index (κ2) is 11.6. The molecule has 1 atom stereocenters. The van der Waals surface area contributed by atoms with Crippen LogP contribution in [0, 0.1) is 12.8 Å². The predicted molar refractivity (Wildman–Crippen MR) is 133 cm³/mol. The van der Waals surface area contributed by atoms with Crippen LogP contribution >= 0.6 is 7.82 Å². The number of carbonyl (C=O) groups excluding carboxylic acids is 3. The summed E-state index contributed by atoms with van der Waals surface area (Å²) in [5.74, 6) is -1.14. The van der Waals surface area contributed by atoms with Crippen LogP contribution in [0.3, 0.4) is 0 Å². The number of fused-ring (bicyclic) bond motifs is 1. The molecule has 37 heavy (non-hydrogen) atoms. The number of hydrogen-bond donors (Lipinski definition) is 4. The lowest BCUT2D eigenvalue weighted by Gasteiger charge is -2.23. The van der Waals surface area contributed by atoms with Gasteiger partial charge in [0, 0.05) is 24.3 Å². The second-order valence-electron chi connectivity index (χ2n) is 8.12. The molecule has 3 rings (SSSR count). The maximum absolute atomic E-state index is 13.2. The van der Waals surface area contributed by atoms with Crippen molar-refractivity contribution >= 4 is 43.6 Å². The highest BCUT2D eigenvalue weighted by Crippen LogP contribution is 2.36. The Kier molecular flexibility index (Phi) is 8.81. The van der Waals surface area contributed by atoms with E-state index in [1.54, 1.807) is 31.0 Å². The van der Waals surface area contributed by atoms with E-state index in [2.05, 4.69) is 25.3 Å². The summed E-state index contributed by atoms with van der Waals surface area (Å²) in [6.07, 6.45) is 0.233. The number of phosphoric acid groups is 1. The highest BCUT2D eigenvalue weighted by molar-refractivity contribution is 7.46. The van der Waals surface area contributed by atoms with Crippen LogP contribution < -0.4 is 10.6 Å². The van der Waals surface area contributed by atoms with Crippen LogP contribution in [0.5, 0.6) is 0 Å². The number of anilines is 1. The van der Waals surface area contributed by atoms with Crippen molar-refractivity contribution in [2.45, 2.75) is 27.7 Å². The monoisotopic (exact) mass is 536 g/mol. The number of phosphoric ester groups is 1. The zero-order valence-electron chi connectivity index (χ0n) is 20.8. The summed E-state index contributed by atoms with van der Waals surface area (Å²) in [7, 11) is -4.84. The lowest BCUT2D eigenvalue weighted by atomic mass is 10.0. The van der Waals surface area contributed by atoms with Crippen molar-refractivity contribution in [3.8, 4) is 0 Å². The van der Waals surface area contributed by atoms with Crippen LogP contribution in [-0.4, -0.2) is 76.2 Å². The van der Waals surface area contributed by atoms with Gasteiger partial charge >= 0.3 is 13.9 Å². The van der Waals surface area contributed by atoms with Crippen molar-refractivity contribution in [3.63, 3.8) is 0 Å². The third kappa shape index (κ3) is 6.60. The molecule has 0 aromatic heterocycles. The van der Waals surface area contributed by atoms with Crippen LogP contribution in [0.1, 0.15) is 36.7 Å². The number of carbonyl (C=O) groups is 3. The van der Waals surface area contributed by atoms with Crippen LogP contribution in [-0.2, 0) is 18.6 Å². The molecule has 14 nitrogen and oxygen atoms in total. The molecule has 1 aromatic rings. The molecular weight excluding hydrogens is 507 g/mol. The first-order chi connectivity index (χ1) is 17.5. The number of nitrogens with zero attached hydrogens (tertiary/aromatic N) is 4. The SMILES string of the molecule is CCNC(=O)c1ccc(C)c(NC2=NC=NN3CC(C(=O)N(CC)C(=O)OCOP(=O)(O)O)C(C)=C23)c1. The molecule has 2 aliphatic rings. The minimum atomic E-state index is -4.84. The Morgan fingerprint density at radius 3 is 2.62 bits per heavy atom. The van der Waals surface area contributed by atoms with Gasteiger partial charge in [0.15, 0.2) is 5.84 Å². The molecule has 4 N–H and O–H groups in total. The lowest BCUT2D eigenvalue weighted by molar-refractivity contribution is -0.132. The molecule has 0 fully saturated rings. The van der Waals surface area contributed by atoms with E-state index in [1.165, 1.54) is 6.34 Å². The number of amidine groups is 1. The van der Waals surface area contributed by atoms with E-state index in [0.29, 0.717) is 34.9 Å². The number of aryl methyl sites for hydroxylation is 1. The topological polar surface area (TPSA) is 182 Å². The van der Waals surface area contributed by atoms with Gasteiger partial charge in [0.1, 0.15) is 12.0 Å². The number of ether oxygens (including phenoxy) is 1. The third-order valence-corrected chi connectivity index (χ3v) is 6.15. The fourth-order valence-corrected chi connectivity index (χ4v) is 4.01. The summed E-state index contributed by atoms with van der Waals surface area (Å²) >= 11 is 0. The zero-order chi connectivity index (χ0) is 27.3. The normalized spacial score (nSPS) is 16.8. The molecule has 0 saturated heterocycles. The summed E-state index contributed by atoms with van der Waals surface area (Å²) in [5, 5.41) is 11.8. The number of hydrazone groups is 1. The van der Waals surface area contributed by atoms with E-state index < -0.39 is 32.5 Å². The fourth-order valence-electron chi connectivity index (χ4n) is 3.82. The van der Waals surface area contributed by atoms with Crippen molar-refractivity contribution in [1.82, 2.24) is 15.2 Å². The van der Waals surface area contributed by atoms with Crippen molar-refractivity contribution in [1.29, 1.82) is 0 Å². The Morgan fingerprint density at radius 2 is 1.97 bits per heavy atom. The van der Waals surface area contributed by atoms with Crippen LogP contribution in [0.2, 0.25) is 0 Å². The Labute approximate surface area is 213 Å². The van der Waals surface area contributed by atoms with Gasteiger partial charge in [-0.05, 0) is 51.0 Å². The van der Waals surface area contributed by atoms with E-state index in [1.807, 2.05) is 19.9 Å². The van der Waals surface area contributed by atoms with Gasteiger partial charge in [0.05, 0.1) is 12.5 Å². The van der Waals surface area contributed by atoms with Gasteiger partial charge in [-0.2, -0.15) is 5.10 Å². The summed E-state index contributed by atoms with van der Waals surface area (Å²) in [6.45, 7) is 6.58. The minimum Gasteiger partial charge on any atom is -0.421 e. The molecule has 3 amide bonds. The van der Waals surface area contributed by atoms with Crippen LogP contribution in [0.15, 0.2) is 39.6 Å². The molecule has 0 bridgehead atoms. The number of benzene rings is 1. The molecule has 1 aromatic carbocycles. The summed E-state index contributed by atoms with van der Waals surface area (Å²) < 4.78 is 19.6. The highest BCUT2D eigenvalue weighted by atomic mass is 31.2. The first-order valence-corrected chi connectivity index (χ1v) is 12.9. The van der Waals surface area contributed by atoms with E-state index in [9.17, 15) is 18.9 Å². The predicted octanol–water partition coefficient (Wildman–Crippen LogP) is 1.77. The quantitative estimate of drug-likeness (QED) is 0.282. The lowest BCUT2D eigenvalue weighted by Crippen LogP contribution is -2.42. The van der Waals surface area contributed by atoms with Crippen LogP contribution in [0.4, 0.5) is 10.5 Å². The average Bonchev–Trinajstić information content (AvgIpc) is 3.17. The Hall–Kier alpha value is -3.58. The van der Waals surface area contributed by atoms with Crippen molar-refractivity contribution in [2.24, 2.45) is 16.0 Å². The molecular formula is C22H29N6O8P. The summed E-state index contributed by atoms with van der Waals surface area (Å²) in [6, 6.07) is 5.24.